The fourth-order valence-corrected chi connectivity index (χ4v) is 0.923. The van der Waals surface area contributed by atoms with Crippen molar-refractivity contribution in [3.63, 3.8) is 0 Å². The zero-order valence-electron chi connectivity index (χ0n) is 10.6. The maximum Gasteiger partial charge on any atom is 0.239 e. The summed E-state index contributed by atoms with van der Waals surface area (Å²) >= 11 is 0. The lowest BCUT2D eigenvalue weighted by Crippen LogP contribution is -2.42. The van der Waals surface area contributed by atoms with Gasteiger partial charge in [0.05, 0.1) is 19.6 Å². The Morgan fingerprint density at radius 1 is 0.941 bits per heavy atom. The predicted octanol–water partition coefficient (Wildman–Crippen LogP) is -0.804. The van der Waals surface area contributed by atoms with Crippen molar-refractivity contribution in [3.05, 3.63) is 0 Å². The first kappa shape index (κ1) is 15.6. The van der Waals surface area contributed by atoms with E-state index in [4.69, 9.17) is 0 Å². The van der Waals surface area contributed by atoms with Crippen LogP contribution in [0.1, 0.15) is 27.2 Å². The minimum atomic E-state index is -0.357. The number of nitrogens with one attached hydrogen (secondary N) is 3. The molecule has 0 fully saturated rings. The first-order chi connectivity index (χ1) is 7.95. The maximum atomic E-state index is 11.2. The van der Waals surface area contributed by atoms with Gasteiger partial charge in [0.1, 0.15) is 0 Å². The van der Waals surface area contributed by atoms with E-state index < -0.39 is 0 Å². The number of ketones is 1. The van der Waals surface area contributed by atoms with Crippen LogP contribution in [0.3, 0.4) is 0 Å². The van der Waals surface area contributed by atoms with Crippen LogP contribution >= 0.6 is 0 Å². The molecule has 0 aliphatic heterocycles. The Hall–Kier alpha value is -1.43. The monoisotopic (exact) mass is 243 g/mol. The molecule has 0 unspecified atom stereocenters. The van der Waals surface area contributed by atoms with Crippen LogP contribution < -0.4 is 16.0 Å². The summed E-state index contributed by atoms with van der Waals surface area (Å²) in [7, 11) is 0. The number of hydrogen-bond donors (Lipinski definition) is 3. The second-order valence-electron chi connectivity index (χ2n) is 3.98. The van der Waals surface area contributed by atoms with Crippen LogP contribution in [0, 0.1) is 0 Å². The van der Waals surface area contributed by atoms with Gasteiger partial charge in [0, 0.05) is 12.5 Å². The second kappa shape index (κ2) is 8.69. The molecule has 3 N–H and O–H groups in total. The fraction of sp³-hybridized carbons (Fsp3) is 0.727. The molecule has 0 atom stereocenters. The van der Waals surface area contributed by atoms with Gasteiger partial charge in [0.25, 0.3) is 0 Å². The van der Waals surface area contributed by atoms with Gasteiger partial charge < -0.3 is 16.0 Å². The lowest BCUT2D eigenvalue weighted by Gasteiger charge is -2.08. The van der Waals surface area contributed by atoms with Gasteiger partial charge in [0.2, 0.25) is 11.8 Å². The Labute approximate surface area is 102 Å². The topological polar surface area (TPSA) is 87.3 Å². The van der Waals surface area contributed by atoms with E-state index in [-0.39, 0.29) is 43.3 Å². The van der Waals surface area contributed by atoms with Crippen LogP contribution in [0.4, 0.5) is 0 Å². The minimum Gasteiger partial charge on any atom is -0.347 e. The molecule has 0 saturated carbocycles. The van der Waals surface area contributed by atoms with E-state index in [2.05, 4.69) is 16.0 Å². The molecule has 0 aromatic rings. The summed E-state index contributed by atoms with van der Waals surface area (Å²) in [6, 6.07) is 0.219. The molecule has 2 amide bonds. The highest BCUT2D eigenvalue weighted by atomic mass is 16.2. The van der Waals surface area contributed by atoms with E-state index in [1.807, 2.05) is 13.8 Å². The predicted molar refractivity (Wildman–Crippen MR) is 64.5 cm³/mol. The van der Waals surface area contributed by atoms with Crippen LogP contribution in [-0.4, -0.2) is 43.3 Å². The number of amides is 2. The molecule has 0 aliphatic rings. The van der Waals surface area contributed by atoms with Crippen LogP contribution in [0.5, 0.6) is 0 Å². The minimum absolute atomic E-state index is 0.0233. The Morgan fingerprint density at radius 2 is 1.47 bits per heavy atom. The van der Waals surface area contributed by atoms with E-state index in [1.165, 1.54) is 0 Å². The Balaban J connectivity index is 3.62. The Morgan fingerprint density at radius 3 is 2.00 bits per heavy atom. The largest absolute Gasteiger partial charge is 0.347 e. The normalized spacial score (nSPS) is 10.1. The first-order valence-corrected chi connectivity index (χ1v) is 5.74. The molecule has 98 valence electrons. The van der Waals surface area contributed by atoms with Gasteiger partial charge >= 0.3 is 0 Å². The van der Waals surface area contributed by atoms with Crippen LogP contribution in [0.2, 0.25) is 0 Å². The van der Waals surface area contributed by atoms with Gasteiger partial charge in [-0.25, -0.2) is 0 Å². The Kier molecular flexibility index (Phi) is 7.96. The number of carbonyl (C=O) groups is 3. The third kappa shape index (κ3) is 9.50. The molecule has 6 nitrogen and oxygen atoms in total. The third-order valence-electron chi connectivity index (χ3n) is 1.99. The van der Waals surface area contributed by atoms with Crippen LogP contribution in [0.15, 0.2) is 0 Å². The first-order valence-electron chi connectivity index (χ1n) is 5.74. The molecule has 17 heavy (non-hydrogen) atoms. The smallest absolute Gasteiger partial charge is 0.239 e. The molecular weight excluding hydrogens is 222 g/mol. The number of carbonyl (C=O) groups excluding carboxylic acids is 3. The zero-order valence-corrected chi connectivity index (χ0v) is 10.6. The Bertz CT molecular complexity index is 277. The van der Waals surface area contributed by atoms with Gasteiger partial charge in [-0.2, -0.15) is 0 Å². The summed E-state index contributed by atoms with van der Waals surface area (Å²) in [4.78, 5) is 33.4. The van der Waals surface area contributed by atoms with E-state index in [0.29, 0.717) is 6.42 Å². The van der Waals surface area contributed by atoms with Crippen molar-refractivity contribution in [1.82, 2.24) is 16.0 Å². The molecule has 0 rings (SSSR count). The van der Waals surface area contributed by atoms with E-state index in [1.54, 1.807) is 6.92 Å². The van der Waals surface area contributed by atoms with Crippen molar-refractivity contribution in [2.24, 2.45) is 0 Å². The highest BCUT2D eigenvalue weighted by Crippen LogP contribution is 1.78. The molecule has 0 radical (unpaired) electrons. The summed E-state index contributed by atoms with van der Waals surface area (Å²) in [5.74, 6) is -0.633. The SMILES string of the molecule is CCC(=O)CNC(=O)CNC(=O)CNC(C)C. The van der Waals surface area contributed by atoms with Gasteiger partial charge in [-0.05, 0) is 0 Å². The molecule has 0 heterocycles. The lowest BCUT2D eigenvalue weighted by molar-refractivity contribution is -0.127. The van der Waals surface area contributed by atoms with Crippen LogP contribution in [0.25, 0.3) is 0 Å². The van der Waals surface area contributed by atoms with Crippen LogP contribution in [-0.2, 0) is 14.4 Å². The van der Waals surface area contributed by atoms with Gasteiger partial charge in [-0.1, -0.05) is 20.8 Å². The van der Waals surface area contributed by atoms with E-state index in [9.17, 15) is 14.4 Å². The summed E-state index contributed by atoms with van der Waals surface area (Å²) in [5, 5.41) is 7.82. The van der Waals surface area contributed by atoms with E-state index >= 15 is 0 Å². The summed E-state index contributed by atoms with van der Waals surface area (Å²) in [6.07, 6.45) is 0.394. The fourth-order valence-electron chi connectivity index (χ4n) is 0.923. The molecule has 6 heteroatoms. The van der Waals surface area contributed by atoms with Gasteiger partial charge in [-0.15, -0.1) is 0 Å². The summed E-state index contributed by atoms with van der Waals surface area (Å²) in [6.45, 7) is 5.68. The van der Waals surface area contributed by atoms with Crippen molar-refractivity contribution in [2.75, 3.05) is 19.6 Å². The molecule has 0 spiro atoms. The molecule has 0 bridgehead atoms. The van der Waals surface area contributed by atoms with Crippen molar-refractivity contribution in [2.45, 2.75) is 33.2 Å². The van der Waals surface area contributed by atoms with Crippen molar-refractivity contribution < 1.29 is 14.4 Å². The molecule has 0 saturated heterocycles. The standard InChI is InChI=1S/C11H21N3O3/c1-4-9(15)5-13-11(17)7-14-10(16)6-12-8(2)3/h8,12H,4-7H2,1-3H3,(H,13,17)(H,14,16). The quantitative estimate of drug-likeness (QED) is 0.520. The number of rotatable bonds is 8. The van der Waals surface area contributed by atoms with Gasteiger partial charge in [-0.3, -0.25) is 14.4 Å². The number of hydrogen-bond acceptors (Lipinski definition) is 4. The molecule has 0 aromatic carbocycles. The lowest BCUT2D eigenvalue weighted by atomic mass is 10.3. The molecular formula is C11H21N3O3. The molecule has 0 aliphatic carbocycles. The number of Topliss-reactive ketones (excluding diaryl/α,β-unsaturated/α-hetero) is 1. The van der Waals surface area contributed by atoms with Crippen molar-refractivity contribution >= 4 is 17.6 Å². The molecule has 0 aromatic heterocycles. The highest BCUT2D eigenvalue weighted by Gasteiger charge is 2.06. The third-order valence-corrected chi connectivity index (χ3v) is 1.99. The van der Waals surface area contributed by atoms with E-state index in [0.717, 1.165) is 0 Å². The zero-order chi connectivity index (χ0) is 13.3. The van der Waals surface area contributed by atoms with Crippen molar-refractivity contribution in [1.29, 1.82) is 0 Å². The maximum absolute atomic E-state index is 11.2. The summed E-state index contributed by atoms with van der Waals surface area (Å²) < 4.78 is 0. The van der Waals surface area contributed by atoms with Crippen molar-refractivity contribution in [3.8, 4) is 0 Å². The second-order valence-corrected chi connectivity index (χ2v) is 3.98. The summed E-state index contributed by atoms with van der Waals surface area (Å²) in [5.41, 5.74) is 0. The van der Waals surface area contributed by atoms with Gasteiger partial charge in [0.15, 0.2) is 5.78 Å². The highest BCUT2D eigenvalue weighted by molar-refractivity contribution is 5.89. The average Bonchev–Trinajstić information content (AvgIpc) is 2.30. The average molecular weight is 243 g/mol.